The van der Waals surface area contributed by atoms with E-state index < -0.39 is 0 Å². The lowest BCUT2D eigenvalue weighted by Crippen LogP contribution is -2.24. The van der Waals surface area contributed by atoms with Gasteiger partial charge in [-0.05, 0) is 18.2 Å². The largest absolute Gasteiger partial charge is 0.399 e. The Labute approximate surface area is 87.4 Å². The average Bonchev–Trinajstić information content (AvgIpc) is 2.45. The highest BCUT2D eigenvalue weighted by molar-refractivity contribution is 6.24. The molecule has 74 valence electrons. The van der Waals surface area contributed by atoms with Crippen LogP contribution in [0.2, 0.25) is 0 Å². The molecule has 2 N–H and O–H groups in total. The van der Waals surface area contributed by atoms with Crippen molar-refractivity contribution >= 4 is 28.9 Å². The highest BCUT2D eigenvalue weighted by Crippen LogP contribution is 2.25. The lowest BCUT2D eigenvalue weighted by Gasteiger charge is -2.15. The molecule has 3 nitrogen and oxygen atoms in total. The van der Waals surface area contributed by atoms with E-state index in [0.29, 0.717) is 18.7 Å². The highest BCUT2D eigenvalue weighted by Gasteiger charge is 2.28. The summed E-state index contributed by atoms with van der Waals surface area (Å²) in [5.74, 6) is 0.0654. The molecular formula is C10H11ClN2O. The quantitative estimate of drug-likeness (QED) is 0.566. The maximum atomic E-state index is 11.5. The zero-order valence-corrected chi connectivity index (χ0v) is 8.37. The zero-order valence-electron chi connectivity index (χ0n) is 7.61. The Hall–Kier alpha value is -1.22. The summed E-state index contributed by atoms with van der Waals surface area (Å²) in [7, 11) is 0. The minimum atomic E-state index is -0.0797. The number of carbonyl (C=O) groups excluding carboxylic acids is 1. The molecule has 1 aliphatic heterocycles. The second kappa shape index (κ2) is 3.50. The van der Waals surface area contributed by atoms with Gasteiger partial charge in [-0.25, -0.2) is 0 Å². The molecule has 14 heavy (non-hydrogen) atoms. The number of nitrogens with two attached hydrogens (primary N) is 1. The van der Waals surface area contributed by atoms with Gasteiger partial charge in [0.15, 0.2) is 0 Å². The fraction of sp³-hybridized carbons (Fsp3) is 0.300. The number of halogens is 1. The van der Waals surface area contributed by atoms with E-state index in [4.69, 9.17) is 17.3 Å². The van der Waals surface area contributed by atoms with Gasteiger partial charge in [-0.15, -0.1) is 11.6 Å². The first-order chi connectivity index (χ1) is 6.66. The molecule has 0 spiro atoms. The van der Waals surface area contributed by atoms with Crippen LogP contribution in [0.5, 0.6) is 0 Å². The van der Waals surface area contributed by atoms with Crippen molar-refractivity contribution in [2.75, 3.05) is 17.2 Å². The van der Waals surface area contributed by atoms with Crippen LogP contribution in [0.1, 0.15) is 6.42 Å². The second-order valence-corrected chi connectivity index (χ2v) is 4.02. The number of carbonyl (C=O) groups is 1. The predicted molar refractivity (Wildman–Crippen MR) is 57.5 cm³/mol. The normalized spacial score (nSPS) is 21.6. The fourth-order valence-corrected chi connectivity index (χ4v) is 1.88. The number of hydrogen-bond acceptors (Lipinski definition) is 2. The SMILES string of the molecule is Nc1cccc(N2CC(Cl)CC2=O)c1. The van der Waals surface area contributed by atoms with Crippen molar-refractivity contribution in [2.45, 2.75) is 11.8 Å². The number of alkyl halides is 1. The van der Waals surface area contributed by atoms with E-state index in [1.807, 2.05) is 12.1 Å². The lowest BCUT2D eigenvalue weighted by molar-refractivity contribution is -0.117. The van der Waals surface area contributed by atoms with Crippen molar-refractivity contribution in [3.05, 3.63) is 24.3 Å². The van der Waals surface area contributed by atoms with Crippen LogP contribution in [0.3, 0.4) is 0 Å². The van der Waals surface area contributed by atoms with Crippen molar-refractivity contribution in [1.82, 2.24) is 0 Å². The van der Waals surface area contributed by atoms with Crippen LogP contribution >= 0.6 is 11.6 Å². The van der Waals surface area contributed by atoms with Gasteiger partial charge in [-0.1, -0.05) is 6.07 Å². The van der Waals surface area contributed by atoms with E-state index in [2.05, 4.69) is 0 Å². The molecule has 1 atom stereocenters. The number of nitrogens with zero attached hydrogens (tertiary/aromatic N) is 1. The molecule has 0 radical (unpaired) electrons. The summed E-state index contributed by atoms with van der Waals surface area (Å²) in [6, 6.07) is 7.28. The number of benzene rings is 1. The zero-order chi connectivity index (χ0) is 10.1. The summed E-state index contributed by atoms with van der Waals surface area (Å²) >= 11 is 5.90. The van der Waals surface area contributed by atoms with Gasteiger partial charge in [-0.2, -0.15) is 0 Å². The summed E-state index contributed by atoms with van der Waals surface area (Å²) in [4.78, 5) is 13.2. The molecule has 1 aliphatic rings. The Bertz CT molecular complexity index is 367. The molecule has 2 rings (SSSR count). The Balaban J connectivity index is 2.27. The molecular weight excluding hydrogens is 200 g/mol. The van der Waals surface area contributed by atoms with Crippen LogP contribution < -0.4 is 10.6 Å². The van der Waals surface area contributed by atoms with E-state index in [-0.39, 0.29) is 11.3 Å². The average molecular weight is 211 g/mol. The molecule has 0 aliphatic carbocycles. The number of amides is 1. The van der Waals surface area contributed by atoms with Gasteiger partial charge < -0.3 is 10.6 Å². The molecule has 0 bridgehead atoms. The molecule has 0 aromatic heterocycles. The van der Waals surface area contributed by atoms with E-state index in [9.17, 15) is 4.79 Å². The van der Waals surface area contributed by atoms with Crippen molar-refractivity contribution in [3.8, 4) is 0 Å². The number of rotatable bonds is 1. The fourth-order valence-electron chi connectivity index (χ4n) is 1.61. The first kappa shape index (κ1) is 9.34. The number of anilines is 2. The number of nitrogen functional groups attached to an aromatic ring is 1. The van der Waals surface area contributed by atoms with Crippen LogP contribution in [0.4, 0.5) is 11.4 Å². The summed E-state index contributed by atoms with van der Waals surface area (Å²) in [6.45, 7) is 0.573. The molecule has 1 saturated heterocycles. The Morgan fingerprint density at radius 1 is 1.50 bits per heavy atom. The van der Waals surface area contributed by atoms with Gasteiger partial charge in [0, 0.05) is 24.3 Å². The van der Waals surface area contributed by atoms with E-state index in [1.54, 1.807) is 17.0 Å². The Kier molecular flexibility index (Phi) is 2.33. The third-order valence-electron chi connectivity index (χ3n) is 2.26. The maximum absolute atomic E-state index is 11.5. The van der Waals surface area contributed by atoms with Crippen LogP contribution in [0, 0.1) is 0 Å². The van der Waals surface area contributed by atoms with Gasteiger partial charge in [0.05, 0.1) is 5.38 Å². The third-order valence-corrected chi connectivity index (χ3v) is 2.55. The van der Waals surface area contributed by atoms with Crippen molar-refractivity contribution < 1.29 is 4.79 Å². The van der Waals surface area contributed by atoms with Gasteiger partial charge in [-0.3, -0.25) is 4.79 Å². The van der Waals surface area contributed by atoms with Crippen molar-refractivity contribution in [3.63, 3.8) is 0 Å². The lowest BCUT2D eigenvalue weighted by atomic mass is 10.2. The first-order valence-electron chi connectivity index (χ1n) is 4.47. The minimum absolute atomic E-state index is 0.0654. The molecule has 1 aromatic rings. The topological polar surface area (TPSA) is 46.3 Å². The molecule has 1 heterocycles. The van der Waals surface area contributed by atoms with Crippen LogP contribution in [-0.4, -0.2) is 17.8 Å². The third kappa shape index (κ3) is 1.68. The van der Waals surface area contributed by atoms with Crippen molar-refractivity contribution in [1.29, 1.82) is 0 Å². The molecule has 4 heteroatoms. The predicted octanol–water partition coefficient (Wildman–Crippen LogP) is 1.61. The summed E-state index contributed by atoms with van der Waals surface area (Å²) < 4.78 is 0. The second-order valence-electron chi connectivity index (χ2n) is 3.40. The first-order valence-corrected chi connectivity index (χ1v) is 4.90. The van der Waals surface area contributed by atoms with Crippen LogP contribution in [0.15, 0.2) is 24.3 Å². The highest BCUT2D eigenvalue weighted by atomic mass is 35.5. The maximum Gasteiger partial charge on any atom is 0.228 e. The van der Waals surface area contributed by atoms with Gasteiger partial charge in [0.25, 0.3) is 0 Å². The molecule has 0 saturated carbocycles. The smallest absolute Gasteiger partial charge is 0.228 e. The Morgan fingerprint density at radius 2 is 2.29 bits per heavy atom. The summed E-state index contributed by atoms with van der Waals surface area (Å²) in [5.41, 5.74) is 7.13. The minimum Gasteiger partial charge on any atom is -0.399 e. The molecule has 1 unspecified atom stereocenters. The van der Waals surface area contributed by atoms with E-state index in [0.717, 1.165) is 5.69 Å². The Morgan fingerprint density at radius 3 is 2.86 bits per heavy atom. The summed E-state index contributed by atoms with van der Waals surface area (Å²) in [6.07, 6.45) is 0.413. The molecule has 1 amide bonds. The summed E-state index contributed by atoms with van der Waals surface area (Å²) in [5, 5.41) is -0.0797. The van der Waals surface area contributed by atoms with Crippen LogP contribution in [0.25, 0.3) is 0 Å². The van der Waals surface area contributed by atoms with E-state index in [1.165, 1.54) is 0 Å². The van der Waals surface area contributed by atoms with Gasteiger partial charge >= 0.3 is 0 Å². The molecule has 1 aromatic carbocycles. The van der Waals surface area contributed by atoms with Gasteiger partial charge in [0.1, 0.15) is 0 Å². The number of hydrogen-bond donors (Lipinski definition) is 1. The van der Waals surface area contributed by atoms with Crippen LogP contribution in [-0.2, 0) is 4.79 Å². The molecule has 1 fully saturated rings. The van der Waals surface area contributed by atoms with E-state index >= 15 is 0 Å². The monoisotopic (exact) mass is 210 g/mol. The van der Waals surface area contributed by atoms with Gasteiger partial charge in [0.2, 0.25) is 5.91 Å². The standard InChI is InChI=1S/C10H11ClN2O/c11-7-4-10(14)13(6-7)9-3-1-2-8(12)5-9/h1-3,5,7H,4,6,12H2. The van der Waals surface area contributed by atoms with Crippen molar-refractivity contribution in [2.24, 2.45) is 0 Å².